The molecule has 25 heavy (non-hydrogen) atoms. The highest BCUT2D eigenvalue weighted by Gasteiger charge is 2.08. The van der Waals surface area contributed by atoms with E-state index < -0.39 is 0 Å². The number of nitrogens with one attached hydrogen (secondary N) is 2. The SMILES string of the molecule is O=C(CSc1n[nH]c(COc2ccccc2)n1)NCc1ccccc1. The first kappa shape index (κ1) is 17.0. The number of para-hydroxylation sites is 1. The van der Waals surface area contributed by atoms with Gasteiger partial charge in [0.25, 0.3) is 0 Å². The van der Waals surface area contributed by atoms with E-state index >= 15 is 0 Å². The van der Waals surface area contributed by atoms with Gasteiger partial charge in [0.15, 0.2) is 5.82 Å². The van der Waals surface area contributed by atoms with Crippen LogP contribution in [-0.4, -0.2) is 26.8 Å². The molecule has 2 aromatic carbocycles. The minimum atomic E-state index is -0.0549. The summed E-state index contributed by atoms with van der Waals surface area (Å²) in [6.07, 6.45) is 0. The average molecular weight is 354 g/mol. The van der Waals surface area contributed by atoms with Crippen molar-refractivity contribution in [3.63, 3.8) is 0 Å². The number of H-pyrrole nitrogens is 1. The number of ether oxygens (including phenoxy) is 1. The Morgan fingerprint density at radius 1 is 1.08 bits per heavy atom. The molecule has 7 heteroatoms. The number of benzene rings is 2. The zero-order valence-electron chi connectivity index (χ0n) is 13.5. The van der Waals surface area contributed by atoms with Crippen LogP contribution in [-0.2, 0) is 17.9 Å². The number of rotatable bonds is 8. The molecule has 0 fully saturated rings. The minimum Gasteiger partial charge on any atom is -0.486 e. The zero-order chi connectivity index (χ0) is 17.3. The van der Waals surface area contributed by atoms with Crippen LogP contribution >= 0.6 is 11.8 Å². The van der Waals surface area contributed by atoms with Crippen molar-refractivity contribution in [1.82, 2.24) is 20.5 Å². The Bertz CT molecular complexity index is 793. The molecule has 0 unspecified atom stereocenters. The number of aromatic nitrogens is 3. The first-order valence-corrected chi connectivity index (χ1v) is 8.81. The molecule has 0 aliphatic rings. The number of hydrogen-bond donors (Lipinski definition) is 2. The largest absolute Gasteiger partial charge is 0.486 e. The maximum absolute atomic E-state index is 11.9. The molecular weight excluding hydrogens is 336 g/mol. The summed E-state index contributed by atoms with van der Waals surface area (Å²) < 4.78 is 5.60. The first-order valence-electron chi connectivity index (χ1n) is 7.82. The van der Waals surface area contributed by atoms with Crippen LogP contribution in [0.5, 0.6) is 5.75 Å². The highest BCUT2D eigenvalue weighted by molar-refractivity contribution is 7.99. The maximum Gasteiger partial charge on any atom is 0.230 e. The predicted molar refractivity (Wildman–Crippen MR) is 96.2 cm³/mol. The van der Waals surface area contributed by atoms with Crippen molar-refractivity contribution >= 4 is 17.7 Å². The standard InChI is InChI=1S/C18H18N4O2S/c23-17(19-11-14-7-3-1-4-8-14)13-25-18-20-16(21-22-18)12-24-15-9-5-2-6-10-15/h1-10H,11-13H2,(H,19,23)(H,20,21,22). The molecule has 1 amide bonds. The Morgan fingerprint density at radius 2 is 1.80 bits per heavy atom. The maximum atomic E-state index is 11.9. The van der Waals surface area contributed by atoms with Gasteiger partial charge in [-0.2, -0.15) is 0 Å². The Morgan fingerprint density at radius 3 is 2.56 bits per heavy atom. The molecule has 0 bridgehead atoms. The highest BCUT2D eigenvalue weighted by atomic mass is 32.2. The van der Waals surface area contributed by atoms with Crippen molar-refractivity contribution in [2.75, 3.05) is 5.75 Å². The van der Waals surface area contributed by atoms with E-state index in [-0.39, 0.29) is 11.7 Å². The molecule has 1 heterocycles. The molecule has 1 aromatic heterocycles. The number of carbonyl (C=O) groups is 1. The molecule has 0 atom stereocenters. The van der Waals surface area contributed by atoms with E-state index in [4.69, 9.17) is 4.74 Å². The van der Waals surface area contributed by atoms with Crippen molar-refractivity contribution in [2.24, 2.45) is 0 Å². The summed E-state index contributed by atoms with van der Waals surface area (Å²) in [6.45, 7) is 0.822. The summed E-state index contributed by atoms with van der Waals surface area (Å²) in [6, 6.07) is 19.3. The van der Waals surface area contributed by atoms with Crippen LogP contribution in [0.15, 0.2) is 65.8 Å². The van der Waals surface area contributed by atoms with Gasteiger partial charge < -0.3 is 10.1 Å². The third-order valence-electron chi connectivity index (χ3n) is 3.29. The fourth-order valence-corrected chi connectivity index (χ4v) is 2.70. The van der Waals surface area contributed by atoms with E-state index in [1.165, 1.54) is 11.8 Å². The Labute approximate surface area is 150 Å². The van der Waals surface area contributed by atoms with E-state index in [0.717, 1.165) is 11.3 Å². The molecule has 128 valence electrons. The van der Waals surface area contributed by atoms with E-state index in [1.54, 1.807) is 0 Å². The summed E-state index contributed by atoms with van der Waals surface area (Å²) >= 11 is 1.29. The van der Waals surface area contributed by atoms with Crippen LogP contribution < -0.4 is 10.1 Å². The summed E-state index contributed by atoms with van der Waals surface area (Å²) in [4.78, 5) is 16.2. The monoisotopic (exact) mass is 354 g/mol. The lowest BCUT2D eigenvalue weighted by Gasteiger charge is -2.04. The van der Waals surface area contributed by atoms with Gasteiger partial charge in [0, 0.05) is 6.54 Å². The Balaban J connectivity index is 1.40. The molecular formula is C18H18N4O2S. The molecule has 0 saturated heterocycles. The summed E-state index contributed by atoms with van der Waals surface area (Å²) in [5.74, 6) is 1.61. The molecule has 0 aliphatic heterocycles. The van der Waals surface area contributed by atoms with Crippen LogP contribution in [0.2, 0.25) is 0 Å². The van der Waals surface area contributed by atoms with E-state index in [9.17, 15) is 4.79 Å². The topological polar surface area (TPSA) is 79.9 Å². The van der Waals surface area contributed by atoms with E-state index in [1.807, 2.05) is 60.7 Å². The van der Waals surface area contributed by atoms with Gasteiger partial charge in [-0.15, -0.1) is 5.10 Å². The second-order valence-electron chi connectivity index (χ2n) is 5.22. The third-order valence-corrected chi connectivity index (χ3v) is 4.14. The van der Waals surface area contributed by atoms with Crippen LogP contribution in [0.3, 0.4) is 0 Å². The van der Waals surface area contributed by atoms with Crippen molar-refractivity contribution in [1.29, 1.82) is 0 Å². The number of thioether (sulfide) groups is 1. The van der Waals surface area contributed by atoms with Gasteiger partial charge in [0.1, 0.15) is 12.4 Å². The number of carbonyl (C=O) groups excluding carboxylic acids is 1. The summed E-state index contributed by atoms with van der Waals surface area (Å²) in [7, 11) is 0. The quantitative estimate of drug-likeness (QED) is 0.608. The molecule has 0 spiro atoms. The second-order valence-corrected chi connectivity index (χ2v) is 6.16. The van der Waals surface area contributed by atoms with Crippen molar-refractivity contribution in [3.05, 3.63) is 72.1 Å². The summed E-state index contributed by atoms with van der Waals surface area (Å²) in [5.41, 5.74) is 1.07. The molecule has 3 rings (SSSR count). The van der Waals surface area contributed by atoms with Crippen LogP contribution in [0.1, 0.15) is 11.4 Å². The number of nitrogens with zero attached hydrogens (tertiary/aromatic N) is 2. The highest BCUT2D eigenvalue weighted by Crippen LogP contribution is 2.14. The lowest BCUT2D eigenvalue weighted by molar-refractivity contribution is -0.118. The van der Waals surface area contributed by atoms with Gasteiger partial charge in [0.05, 0.1) is 5.75 Å². The molecule has 0 saturated carbocycles. The Hall–Kier alpha value is -2.80. The fraction of sp³-hybridized carbons (Fsp3) is 0.167. The second kappa shape index (κ2) is 8.89. The molecule has 0 radical (unpaired) electrons. The lowest BCUT2D eigenvalue weighted by atomic mass is 10.2. The van der Waals surface area contributed by atoms with Crippen molar-refractivity contribution in [2.45, 2.75) is 18.3 Å². The van der Waals surface area contributed by atoms with Crippen LogP contribution in [0.4, 0.5) is 0 Å². The van der Waals surface area contributed by atoms with Gasteiger partial charge in [0.2, 0.25) is 11.1 Å². The van der Waals surface area contributed by atoms with Crippen LogP contribution in [0, 0.1) is 0 Å². The van der Waals surface area contributed by atoms with E-state index in [0.29, 0.717) is 24.1 Å². The van der Waals surface area contributed by atoms with Gasteiger partial charge in [-0.3, -0.25) is 9.89 Å². The molecule has 0 aliphatic carbocycles. The fourth-order valence-electron chi connectivity index (χ4n) is 2.05. The molecule has 3 aromatic rings. The number of aromatic amines is 1. The van der Waals surface area contributed by atoms with Gasteiger partial charge >= 0.3 is 0 Å². The van der Waals surface area contributed by atoms with Crippen molar-refractivity contribution in [3.8, 4) is 5.75 Å². The lowest BCUT2D eigenvalue weighted by Crippen LogP contribution is -2.24. The normalized spacial score (nSPS) is 10.4. The average Bonchev–Trinajstić information content (AvgIpc) is 3.13. The third kappa shape index (κ3) is 5.65. The first-order chi connectivity index (χ1) is 12.3. The minimum absolute atomic E-state index is 0.0549. The van der Waals surface area contributed by atoms with Gasteiger partial charge in [-0.05, 0) is 17.7 Å². The number of hydrogen-bond acceptors (Lipinski definition) is 5. The van der Waals surface area contributed by atoms with E-state index in [2.05, 4.69) is 20.5 Å². The molecule has 2 N–H and O–H groups in total. The van der Waals surface area contributed by atoms with Gasteiger partial charge in [-0.25, -0.2) is 4.98 Å². The predicted octanol–water partition coefficient (Wildman–Crippen LogP) is 2.79. The Kier molecular flexibility index (Phi) is 6.06. The molecule has 6 nitrogen and oxygen atoms in total. The van der Waals surface area contributed by atoms with Crippen LogP contribution in [0.25, 0.3) is 0 Å². The summed E-state index contributed by atoms with van der Waals surface area (Å²) in [5, 5.41) is 10.3. The number of amides is 1. The van der Waals surface area contributed by atoms with Crippen molar-refractivity contribution < 1.29 is 9.53 Å². The zero-order valence-corrected chi connectivity index (χ0v) is 14.3. The van der Waals surface area contributed by atoms with Gasteiger partial charge in [-0.1, -0.05) is 60.3 Å². The smallest absolute Gasteiger partial charge is 0.230 e.